The number of aryl methyl sites for hydroxylation is 3. The molecule has 0 aliphatic carbocycles. The van der Waals surface area contributed by atoms with Gasteiger partial charge >= 0.3 is 5.97 Å². The van der Waals surface area contributed by atoms with Gasteiger partial charge in [-0.05, 0) is 61.6 Å². The van der Waals surface area contributed by atoms with E-state index >= 15 is 0 Å². The van der Waals surface area contributed by atoms with Gasteiger partial charge in [0.2, 0.25) is 5.91 Å². The number of anilines is 1. The van der Waals surface area contributed by atoms with Crippen LogP contribution in [0, 0.1) is 6.92 Å². The molecule has 0 spiro atoms. The first-order valence-corrected chi connectivity index (χ1v) is 11.9. The minimum atomic E-state index is -0.237. The van der Waals surface area contributed by atoms with E-state index in [9.17, 15) is 19.5 Å². The van der Waals surface area contributed by atoms with Crippen molar-refractivity contribution in [1.29, 1.82) is 0 Å². The van der Waals surface area contributed by atoms with Crippen molar-refractivity contribution in [2.24, 2.45) is 0 Å². The smallest absolute Gasteiger partial charge is 0.305 e. The molecule has 8 nitrogen and oxygen atoms in total. The van der Waals surface area contributed by atoms with Crippen molar-refractivity contribution in [3.63, 3.8) is 0 Å². The summed E-state index contributed by atoms with van der Waals surface area (Å²) < 4.78 is 6.97. The van der Waals surface area contributed by atoms with Crippen LogP contribution in [0.2, 0.25) is 0 Å². The van der Waals surface area contributed by atoms with Gasteiger partial charge in [0.05, 0.1) is 13.2 Å². The number of fused-ring (bicyclic) bond motifs is 1. The Hall–Kier alpha value is -3.65. The standard InChI is InChI=1S/C27H33N3O5/c1-4-35-26(33)7-5-6-20-9-8-19(17-31)14-23(20)29-25(32)12-13-30-16-18(2)22-11-10-21(15-24(22)30)27(34)28-3/h8-11,14-16,31H,4-7,12-13,17H2,1-3H3,(H,28,34)(H,29,32). The van der Waals surface area contributed by atoms with Gasteiger partial charge in [0, 0.05) is 54.8 Å². The minimum Gasteiger partial charge on any atom is -0.466 e. The van der Waals surface area contributed by atoms with Crippen molar-refractivity contribution in [3.05, 3.63) is 64.8 Å². The number of ether oxygens (including phenoxy) is 1. The van der Waals surface area contributed by atoms with Crippen LogP contribution < -0.4 is 10.6 Å². The van der Waals surface area contributed by atoms with Crippen LogP contribution in [-0.4, -0.2) is 41.1 Å². The van der Waals surface area contributed by atoms with Crippen LogP contribution >= 0.6 is 0 Å². The van der Waals surface area contributed by atoms with Gasteiger partial charge in [0.1, 0.15) is 0 Å². The lowest BCUT2D eigenvalue weighted by molar-refractivity contribution is -0.143. The second-order valence-electron chi connectivity index (χ2n) is 8.42. The first-order valence-electron chi connectivity index (χ1n) is 11.9. The summed E-state index contributed by atoms with van der Waals surface area (Å²) in [5, 5.41) is 16.2. The predicted molar refractivity (Wildman–Crippen MR) is 135 cm³/mol. The Kier molecular flexibility index (Phi) is 9.03. The quantitative estimate of drug-likeness (QED) is 0.363. The molecule has 186 valence electrons. The summed E-state index contributed by atoms with van der Waals surface area (Å²) in [7, 11) is 1.60. The van der Waals surface area contributed by atoms with Gasteiger partial charge < -0.3 is 25.0 Å². The zero-order chi connectivity index (χ0) is 25.4. The summed E-state index contributed by atoms with van der Waals surface area (Å²) in [4.78, 5) is 36.5. The highest BCUT2D eigenvalue weighted by molar-refractivity contribution is 5.98. The topological polar surface area (TPSA) is 110 Å². The van der Waals surface area contributed by atoms with Gasteiger partial charge in [0.25, 0.3) is 5.91 Å². The molecule has 3 N–H and O–H groups in total. The van der Waals surface area contributed by atoms with Crippen LogP contribution in [0.15, 0.2) is 42.6 Å². The third-order valence-corrected chi connectivity index (χ3v) is 5.91. The summed E-state index contributed by atoms with van der Waals surface area (Å²) in [5.74, 6) is -0.554. The normalized spacial score (nSPS) is 10.9. The van der Waals surface area contributed by atoms with E-state index in [1.807, 2.05) is 42.0 Å². The molecule has 0 aliphatic heterocycles. The molecule has 0 unspecified atom stereocenters. The van der Waals surface area contributed by atoms with E-state index in [2.05, 4.69) is 10.6 Å². The van der Waals surface area contributed by atoms with Gasteiger partial charge in [-0.25, -0.2) is 0 Å². The van der Waals surface area contributed by atoms with E-state index < -0.39 is 0 Å². The fraction of sp³-hybridized carbons (Fsp3) is 0.370. The number of aromatic nitrogens is 1. The molecule has 3 rings (SSSR count). The minimum absolute atomic E-state index is 0.131. The van der Waals surface area contributed by atoms with Crippen molar-refractivity contribution in [1.82, 2.24) is 9.88 Å². The average Bonchev–Trinajstić information content (AvgIpc) is 3.18. The molecule has 1 heterocycles. The lowest BCUT2D eigenvalue weighted by atomic mass is 10.0. The Morgan fingerprint density at radius 3 is 2.60 bits per heavy atom. The molecule has 0 atom stereocenters. The van der Waals surface area contributed by atoms with E-state index in [-0.39, 0.29) is 30.8 Å². The van der Waals surface area contributed by atoms with Gasteiger partial charge in [0.15, 0.2) is 0 Å². The highest BCUT2D eigenvalue weighted by Gasteiger charge is 2.13. The first kappa shape index (κ1) is 26.0. The Labute approximate surface area is 205 Å². The number of aliphatic hydroxyl groups excluding tert-OH is 1. The zero-order valence-corrected chi connectivity index (χ0v) is 20.5. The number of rotatable bonds is 11. The van der Waals surface area contributed by atoms with Crippen LogP contribution in [0.5, 0.6) is 0 Å². The fourth-order valence-corrected chi connectivity index (χ4v) is 4.09. The second kappa shape index (κ2) is 12.2. The molecule has 3 aromatic rings. The molecule has 0 fully saturated rings. The predicted octanol–water partition coefficient (Wildman–Crippen LogP) is 3.72. The number of hydrogen-bond acceptors (Lipinski definition) is 5. The molecule has 8 heteroatoms. The van der Waals surface area contributed by atoms with Crippen LogP contribution in [0.4, 0.5) is 5.69 Å². The number of benzene rings is 2. The number of esters is 1. The third kappa shape index (κ3) is 6.70. The Morgan fingerprint density at radius 2 is 1.89 bits per heavy atom. The van der Waals surface area contributed by atoms with E-state index in [1.165, 1.54) is 0 Å². The van der Waals surface area contributed by atoms with Gasteiger partial charge in [-0.15, -0.1) is 0 Å². The molecule has 0 radical (unpaired) electrons. The van der Waals surface area contributed by atoms with Gasteiger partial charge in [-0.2, -0.15) is 0 Å². The van der Waals surface area contributed by atoms with E-state index in [0.717, 1.165) is 22.0 Å². The highest BCUT2D eigenvalue weighted by atomic mass is 16.5. The molecule has 1 aromatic heterocycles. The monoisotopic (exact) mass is 479 g/mol. The molecular formula is C27H33N3O5. The average molecular weight is 480 g/mol. The van der Waals surface area contributed by atoms with E-state index in [4.69, 9.17) is 4.74 Å². The van der Waals surface area contributed by atoms with Crippen LogP contribution in [-0.2, 0) is 33.9 Å². The number of aliphatic hydroxyl groups is 1. The molecule has 0 saturated heterocycles. The first-order chi connectivity index (χ1) is 16.9. The number of carbonyl (C=O) groups is 3. The maximum Gasteiger partial charge on any atom is 0.305 e. The SMILES string of the molecule is CCOC(=O)CCCc1ccc(CO)cc1NC(=O)CCn1cc(C)c2ccc(C(=O)NC)cc21. The third-order valence-electron chi connectivity index (χ3n) is 5.91. The molecule has 0 saturated carbocycles. The molecule has 2 aromatic carbocycles. The van der Waals surface area contributed by atoms with Crippen molar-refractivity contribution >= 4 is 34.4 Å². The number of carbonyl (C=O) groups excluding carboxylic acids is 3. The molecule has 0 aliphatic rings. The number of amides is 2. The van der Waals surface area contributed by atoms with Crippen molar-refractivity contribution in [2.45, 2.75) is 52.7 Å². The second-order valence-corrected chi connectivity index (χ2v) is 8.42. The molecular weight excluding hydrogens is 446 g/mol. The van der Waals surface area contributed by atoms with Crippen molar-refractivity contribution in [2.75, 3.05) is 19.0 Å². The summed E-state index contributed by atoms with van der Waals surface area (Å²) >= 11 is 0. The van der Waals surface area contributed by atoms with Crippen LogP contribution in [0.1, 0.15) is 53.2 Å². The highest BCUT2D eigenvalue weighted by Crippen LogP contribution is 2.24. The molecule has 35 heavy (non-hydrogen) atoms. The summed E-state index contributed by atoms with van der Waals surface area (Å²) in [6, 6.07) is 11.0. The number of nitrogens with one attached hydrogen (secondary N) is 2. The lowest BCUT2D eigenvalue weighted by Gasteiger charge is -2.13. The summed E-state index contributed by atoms with van der Waals surface area (Å²) in [6.45, 7) is 4.45. The number of hydrogen-bond donors (Lipinski definition) is 3. The fourth-order valence-electron chi connectivity index (χ4n) is 4.09. The van der Waals surface area contributed by atoms with Crippen molar-refractivity contribution in [3.8, 4) is 0 Å². The Morgan fingerprint density at radius 1 is 1.09 bits per heavy atom. The maximum absolute atomic E-state index is 12.8. The number of nitrogens with zero attached hydrogens (tertiary/aromatic N) is 1. The summed E-state index contributed by atoms with van der Waals surface area (Å²) in [6.07, 6.45) is 3.73. The van der Waals surface area contributed by atoms with E-state index in [1.54, 1.807) is 26.1 Å². The largest absolute Gasteiger partial charge is 0.466 e. The van der Waals surface area contributed by atoms with Gasteiger partial charge in [-0.1, -0.05) is 18.2 Å². The summed E-state index contributed by atoms with van der Waals surface area (Å²) in [5.41, 5.74) is 4.78. The molecule has 2 amide bonds. The Balaban J connectivity index is 1.69. The maximum atomic E-state index is 12.8. The molecule has 0 bridgehead atoms. The van der Waals surface area contributed by atoms with Crippen molar-refractivity contribution < 1.29 is 24.2 Å². The van der Waals surface area contributed by atoms with E-state index in [0.29, 0.717) is 49.2 Å². The zero-order valence-electron chi connectivity index (χ0n) is 20.5. The lowest BCUT2D eigenvalue weighted by Crippen LogP contribution is -2.18. The Bertz CT molecular complexity index is 1210. The van der Waals surface area contributed by atoms with Crippen LogP contribution in [0.25, 0.3) is 10.9 Å². The van der Waals surface area contributed by atoms with Gasteiger partial charge in [-0.3, -0.25) is 14.4 Å². The van der Waals surface area contributed by atoms with Crippen LogP contribution in [0.3, 0.4) is 0 Å².